The van der Waals surface area contributed by atoms with E-state index < -0.39 is 17.4 Å². The third-order valence-electron chi connectivity index (χ3n) is 3.89. The normalized spacial score (nSPS) is 21.6. The molecule has 0 radical (unpaired) electrons. The van der Waals surface area contributed by atoms with Crippen LogP contribution in [0.4, 0.5) is 4.79 Å². The highest BCUT2D eigenvalue weighted by molar-refractivity contribution is 5.83. The Morgan fingerprint density at radius 3 is 2.50 bits per heavy atom. The number of aliphatic hydroxyl groups is 1. The molecule has 0 spiro atoms. The van der Waals surface area contributed by atoms with Crippen molar-refractivity contribution in [3.05, 3.63) is 0 Å². The Morgan fingerprint density at radius 1 is 1.35 bits per heavy atom. The SMILES string of the molecule is CCCN(CCO)C(=O)N1CCCC(C)(C)C1C(=O)O. The zero-order chi connectivity index (χ0) is 15.3. The van der Waals surface area contributed by atoms with E-state index in [-0.39, 0.29) is 19.2 Å². The van der Waals surface area contributed by atoms with Gasteiger partial charge in [-0.05, 0) is 24.7 Å². The van der Waals surface area contributed by atoms with Crippen LogP contribution in [-0.2, 0) is 4.79 Å². The highest BCUT2D eigenvalue weighted by atomic mass is 16.4. The third-order valence-corrected chi connectivity index (χ3v) is 3.89. The summed E-state index contributed by atoms with van der Waals surface area (Å²) < 4.78 is 0. The van der Waals surface area contributed by atoms with E-state index in [0.717, 1.165) is 19.3 Å². The number of carbonyl (C=O) groups is 2. The molecule has 20 heavy (non-hydrogen) atoms. The maximum Gasteiger partial charge on any atom is 0.327 e. The summed E-state index contributed by atoms with van der Waals surface area (Å²) in [5, 5.41) is 18.5. The van der Waals surface area contributed by atoms with Gasteiger partial charge in [-0.2, -0.15) is 0 Å². The minimum absolute atomic E-state index is 0.110. The molecule has 1 atom stereocenters. The number of piperidine rings is 1. The number of urea groups is 1. The highest BCUT2D eigenvalue weighted by Crippen LogP contribution is 2.35. The molecule has 1 aliphatic heterocycles. The monoisotopic (exact) mass is 286 g/mol. The van der Waals surface area contributed by atoms with Gasteiger partial charge in [-0.3, -0.25) is 0 Å². The van der Waals surface area contributed by atoms with E-state index in [4.69, 9.17) is 5.11 Å². The molecular weight excluding hydrogens is 260 g/mol. The lowest BCUT2D eigenvalue weighted by atomic mass is 9.76. The maximum atomic E-state index is 12.6. The molecule has 1 heterocycles. The van der Waals surface area contributed by atoms with Crippen molar-refractivity contribution < 1.29 is 19.8 Å². The van der Waals surface area contributed by atoms with E-state index in [9.17, 15) is 14.7 Å². The second kappa shape index (κ2) is 6.92. The predicted octanol–water partition coefficient (Wildman–Crippen LogP) is 1.39. The first-order valence-corrected chi connectivity index (χ1v) is 7.24. The molecule has 0 bridgehead atoms. The number of likely N-dealkylation sites (tertiary alicyclic amines) is 1. The summed E-state index contributed by atoms with van der Waals surface area (Å²) in [6.45, 7) is 6.86. The second-order valence-corrected chi connectivity index (χ2v) is 6.02. The molecule has 0 aromatic carbocycles. The van der Waals surface area contributed by atoms with Crippen LogP contribution in [0.2, 0.25) is 0 Å². The van der Waals surface area contributed by atoms with Gasteiger partial charge in [-0.15, -0.1) is 0 Å². The number of carbonyl (C=O) groups excluding carboxylic acids is 1. The van der Waals surface area contributed by atoms with E-state index >= 15 is 0 Å². The fourth-order valence-corrected chi connectivity index (χ4v) is 2.94. The van der Waals surface area contributed by atoms with Crippen molar-refractivity contribution in [3.63, 3.8) is 0 Å². The van der Waals surface area contributed by atoms with E-state index in [1.54, 1.807) is 0 Å². The molecular formula is C14H26N2O4. The summed E-state index contributed by atoms with van der Waals surface area (Å²) in [5.74, 6) is -0.955. The summed E-state index contributed by atoms with van der Waals surface area (Å²) in [7, 11) is 0. The average molecular weight is 286 g/mol. The molecule has 6 heteroatoms. The third kappa shape index (κ3) is 3.62. The molecule has 0 saturated carbocycles. The number of nitrogens with zero attached hydrogens (tertiary/aromatic N) is 2. The molecule has 1 unspecified atom stereocenters. The molecule has 0 aromatic rings. The molecule has 1 aliphatic rings. The van der Waals surface area contributed by atoms with E-state index in [1.807, 2.05) is 20.8 Å². The fourth-order valence-electron chi connectivity index (χ4n) is 2.94. The van der Waals surface area contributed by atoms with E-state index in [1.165, 1.54) is 9.80 Å². The Labute approximate surface area is 120 Å². The van der Waals surface area contributed by atoms with Crippen LogP contribution in [-0.4, -0.2) is 64.3 Å². The molecule has 0 aliphatic carbocycles. The number of rotatable bonds is 5. The molecule has 1 saturated heterocycles. The van der Waals surface area contributed by atoms with Gasteiger partial charge in [-0.1, -0.05) is 20.8 Å². The Balaban J connectivity index is 2.95. The first-order valence-electron chi connectivity index (χ1n) is 7.24. The summed E-state index contributed by atoms with van der Waals surface area (Å²) in [6.07, 6.45) is 2.38. The summed E-state index contributed by atoms with van der Waals surface area (Å²) in [6, 6.07) is -1.08. The van der Waals surface area contributed by atoms with Crippen molar-refractivity contribution >= 4 is 12.0 Å². The van der Waals surface area contributed by atoms with Crippen LogP contribution in [0.1, 0.15) is 40.0 Å². The summed E-state index contributed by atoms with van der Waals surface area (Å²) in [5.41, 5.74) is -0.434. The Morgan fingerprint density at radius 2 is 2.00 bits per heavy atom. The summed E-state index contributed by atoms with van der Waals surface area (Å²) in [4.78, 5) is 27.1. The lowest BCUT2D eigenvalue weighted by Gasteiger charge is -2.45. The molecule has 2 N–H and O–H groups in total. The standard InChI is InChI=1S/C14H26N2O4/c1-4-7-15(9-10-17)13(20)16-8-5-6-14(2,3)11(16)12(18)19/h11,17H,4-10H2,1-3H3,(H,18,19). The first kappa shape index (κ1) is 16.8. The van der Waals surface area contributed by atoms with Crippen molar-refractivity contribution in [2.45, 2.75) is 46.1 Å². The molecule has 116 valence electrons. The molecule has 2 amide bonds. The van der Waals surface area contributed by atoms with Gasteiger partial charge in [0.15, 0.2) is 0 Å². The van der Waals surface area contributed by atoms with Crippen LogP contribution < -0.4 is 0 Å². The topological polar surface area (TPSA) is 81.1 Å². The van der Waals surface area contributed by atoms with Gasteiger partial charge in [0.1, 0.15) is 6.04 Å². The number of aliphatic carboxylic acids is 1. The summed E-state index contributed by atoms with van der Waals surface area (Å²) >= 11 is 0. The molecule has 6 nitrogen and oxygen atoms in total. The predicted molar refractivity (Wildman–Crippen MR) is 75.5 cm³/mol. The minimum atomic E-state index is -0.955. The molecule has 0 aromatic heterocycles. The van der Waals surface area contributed by atoms with Gasteiger partial charge < -0.3 is 20.0 Å². The number of carboxylic acids is 1. The van der Waals surface area contributed by atoms with E-state index in [2.05, 4.69) is 0 Å². The van der Waals surface area contributed by atoms with Crippen LogP contribution >= 0.6 is 0 Å². The highest BCUT2D eigenvalue weighted by Gasteiger charge is 2.45. The minimum Gasteiger partial charge on any atom is -0.480 e. The Kier molecular flexibility index (Phi) is 5.80. The Bertz CT molecular complexity index is 351. The van der Waals surface area contributed by atoms with E-state index in [0.29, 0.717) is 13.1 Å². The number of aliphatic hydroxyl groups excluding tert-OH is 1. The Hall–Kier alpha value is -1.30. The average Bonchev–Trinajstić information content (AvgIpc) is 2.35. The van der Waals surface area contributed by atoms with Crippen molar-refractivity contribution in [1.82, 2.24) is 9.80 Å². The number of hydrogen-bond acceptors (Lipinski definition) is 3. The molecule has 1 fully saturated rings. The lowest BCUT2D eigenvalue weighted by Crippen LogP contribution is -2.59. The zero-order valence-electron chi connectivity index (χ0n) is 12.6. The van der Waals surface area contributed by atoms with Crippen LogP contribution in [0.15, 0.2) is 0 Å². The van der Waals surface area contributed by atoms with Crippen LogP contribution in [0, 0.1) is 5.41 Å². The largest absolute Gasteiger partial charge is 0.480 e. The van der Waals surface area contributed by atoms with Gasteiger partial charge in [0.05, 0.1) is 6.61 Å². The van der Waals surface area contributed by atoms with Crippen molar-refractivity contribution in [2.75, 3.05) is 26.2 Å². The smallest absolute Gasteiger partial charge is 0.327 e. The van der Waals surface area contributed by atoms with Crippen LogP contribution in [0.5, 0.6) is 0 Å². The lowest BCUT2D eigenvalue weighted by molar-refractivity contribution is -0.148. The maximum absolute atomic E-state index is 12.6. The zero-order valence-corrected chi connectivity index (χ0v) is 12.6. The van der Waals surface area contributed by atoms with Crippen molar-refractivity contribution in [3.8, 4) is 0 Å². The first-order chi connectivity index (χ1) is 9.35. The number of carboxylic acid groups (broad SMARTS) is 1. The van der Waals surface area contributed by atoms with Gasteiger partial charge in [-0.25, -0.2) is 9.59 Å². The quantitative estimate of drug-likeness (QED) is 0.800. The number of hydrogen-bond donors (Lipinski definition) is 2. The van der Waals surface area contributed by atoms with Gasteiger partial charge in [0.2, 0.25) is 0 Å². The number of amides is 2. The fraction of sp³-hybridized carbons (Fsp3) is 0.857. The second-order valence-electron chi connectivity index (χ2n) is 6.02. The molecule has 1 rings (SSSR count). The van der Waals surface area contributed by atoms with Crippen LogP contribution in [0.25, 0.3) is 0 Å². The van der Waals surface area contributed by atoms with Gasteiger partial charge in [0, 0.05) is 19.6 Å². The van der Waals surface area contributed by atoms with Crippen molar-refractivity contribution in [1.29, 1.82) is 0 Å². The van der Waals surface area contributed by atoms with Gasteiger partial charge in [0.25, 0.3) is 0 Å². The van der Waals surface area contributed by atoms with Gasteiger partial charge >= 0.3 is 12.0 Å². The van der Waals surface area contributed by atoms with Crippen molar-refractivity contribution in [2.24, 2.45) is 5.41 Å². The van der Waals surface area contributed by atoms with Crippen LogP contribution in [0.3, 0.4) is 0 Å².